The van der Waals surface area contributed by atoms with Crippen LogP contribution in [0.25, 0.3) is 21.3 Å². The van der Waals surface area contributed by atoms with E-state index in [1.165, 1.54) is 37.0 Å². The molecule has 11 nitrogen and oxygen atoms in total. The van der Waals surface area contributed by atoms with Crippen LogP contribution in [0.2, 0.25) is 0 Å². The SMILES string of the molecule is COc1ccc(C(=O)Nc2nc3ccccc3s2)c2c1CCN(c1ccc(-c3cnn(CC45CC6(C)CC(OC)(CC7(CC74)C6)C5)c3C)c(C(=O)O)n1)C2. The van der Waals surface area contributed by atoms with Crippen LogP contribution in [0.1, 0.15) is 83.1 Å². The molecule has 12 heteroatoms. The maximum Gasteiger partial charge on any atom is 0.355 e. The summed E-state index contributed by atoms with van der Waals surface area (Å²) in [6.45, 7) is 6.29. The second-order valence-corrected chi connectivity index (χ2v) is 18.2. The molecule has 5 aliphatic carbocycles. The third kappa shape index (κ3) is 5.05. The molecule has 4 bridgehead atoms. The number of aromatic nitrogens is 4. The quantitative estimate of drug-likeness (QED) is 0.156. The van der Waals surface area contributed by atoms with Crippen LogP contribution in [0.3, 0.4) is 0 Å². The van der Waals surface area contributed by atoms with Gasteiger partial charge in [-0.15, -0.1) is 0 Å². The molecule has 1 aliphatic heterocycles. The number of carboxylic acids is 1. The van der Waals surface area contributed by atoms with Crippen molar-refractivity contribution in [2.24, 2.45) is 22.2 Å². The van der Waals surface area contributed by atoms with Crippen LogP contribution in [0.5, 0.6) is 5.75 Å². The van der Waals surface area contributed by atoms with Crippen LogP contribution in [0.4, 0.5) is 10.9 Å². The summed E-state index contributed by atoms with van der Waals surface area (Å²) in [4.78, 5) is 38.0. The molecule has 5 fully saturated rings. The highest BCUT2D eigenvalue weighted by Crippen LogP contribution is 2.84. The lowest BCUT2D eigenvalue weighted by Crippen LogP contribution is -2.61. The number of carbonyl (C=O) groups is 2. The van der Waals surface area contributed by atoms with Crippen molar-refractivity contribution in [3.8, 4) is 16.9 Å². The van der Waals surface area contributed by atoms with Crippen LogP contribution < -0.4 is 15.0 Å². The van der Waals surface area contributed by atoms with E-state index in [0.29, 0.717) is 58.3 Å². The first-order valence-electron chi connectivity index (χ1n) is 18.9. The lowest BCUT2D eigenvalue weighted by Gasteiger charge is -2.65. The number of nitrogens with one attached hydrogen (secondary N) is 1. The molecule has 6 aliphatic rings. The molecule has 3 aromatic heterocycles. The van der Waals surface area contributed by atoms with Gasteiger partial charge < -0.3 is 19.5 Å². The number of benzene rings is 2. The summed E-state index contributed by atoms with van der Waals surface area (Å²) in [6.07, 6.45) is 9.62. The Kier molecular flexibility index (Phi) is 7.25. The minimum absolute atomic E-state index is 0.0119. The average molecular weight is 745 g/mol. The standard InChI is InChI=1S/C42H44N6O5S/c1-24-28(16-43-48(24)23-41-19-39(2)18-40(15-33(40)41)21-42(20-39,22-41)53-4)26-10-12-34(45-35(26)37(50)51)47-14-13-25-29(17-47)27(9-11-31(25)52-3)36(49)46-38-44-30-7-5-6-8-32(30)54-38/h5-12,16,33H,13-15,17-23H2,1-4H3,(H,50,51)(H,44,46,49). The van der Waals surface area contributed by atoms with Gasteiger partial charge in [0.15, 0.2) is 10.8 Å². The highest BCUT2D eigenvalue weighted by molar-refractivity contribution is 7.22. The summed E-state index contributed by atoms with van der Waals surface area (Å²) in [5.41, 5.74) is 6.24. The van der Waals surface area contributed by atoms with Crippen LogP contribution in [0, 0.1) is 29.1 Å². The minimum Gasteiger partial charge on any atom is -0.496 e. The van der Waals surface area contributed by atoms with E-state index in [-0.39, 0.29) is 22.6 Å². The Bertz CT molecular complexity index is 2370. The number of methoxy groups -OCH3 is 2. The fraction of sp³-hybridized carbons (Fsp3) is 0.452. The minimum atomic E-state index is -1.09. The number of amides is 1. The first kappa shape index (κ1) is 33.7. The molecule has 5 atom stereocenters. The zero-order chi connectivity index (χ0) is 37.2. The zero-order valence-electron chi connectivity index (χ0n) is 31.1. The number of rotatable bonds is 9. The molecule has 2 N–H and O–H groups in total. The van der Waals surface area contributed by atoms with Crippen LogP contribution in [-0.4, -0.2) is 63.1 Å². The number of nitrogens with zero attached hydrogens (tertiary/aromatic N) is 5. The molecule has 0 radical (unpaired) electrons. The van der Waals surface area contributed by atoms with Crippen molar-refractivity contribution in [1.82, 2.24) is 19.7 Å². The summed E-state index contributed by atoms with van der Waals surface area (Å²) < 4.78 is 15.2. The molecule has 0 saturated heterocycles. The summed E-state index contributed by atoms with van der Waals surface area (Å²) in [7, 11) is 3.54. The Balaban J connectivity index is 0.934. The van der Waals surface area contributed by atoms with Crippen molar-refractivity contribution < 1.29 is 24.2 Å². The van der Waals surface area contributed by atoms with Crippen LogP contribution in [0.15, 0.2) is 54.7 Å². The second-order valence-electron chi connectivity index (χ2n) is 17.1. The van der Waals surface area contributed by atoms with Crippen molar-refractivity contribution in [3.63, 3.8) is 0 Å². The number of anilines is 2. The maximum atomic E-state index is 13.7. The van der Waals surface area contributed by atoms with E-state index in [4.69, 9.17) is 19.6 Å². The number of carbonyl (C=O) groups excluding carboxylic acids is 1. The largest absolute Gasteiger partial charge is 0.496 e. The van der Waals surface area contributed by atoms with Gasteiger partial charge in [0.2, 0.25) is 0 Å². The van der Waals surface area contributed by atoms with E-state index in [0.717, 1.165) is 57.7 Å². The van der Waals surface area contributed by atoms with Crippen LogP contribution in [-0.2, 0) is 24.2 Å². The molecule has 5 unspecified atom stereocenters. The number of fused-ring (bicyclic) bond motifs is 2. The molecule has 1 amide bonds. The van der Waals surface area contributed by atoms with Crippen molar-refractivity contribution in [3.05, 3.63) is 82.8 Å². The highest BCUT2D eigenvalue weighted by Gasteiger charge is 2.78. The second kappa shape index (κ2) is 11.6. The van der Waals surface area contributed by atoms with Crippen molar-refractivity contribution in [2.45, 2.75) is 77.5 Å². The normalized spacial score (nSPS) is 28.9. The molecular formula is C42H44N6O5S. The van der Waals surface area contributed by atoms with Gasteiger partial charge in [-0.2, -0.15) is 5.10 Å². The number of hydrogen-bond donors (Lipinski definition) is 2. The van der Waals surface area contributed by atoms with E-state index >= 15 is 0 Å². The Hall–Kier alpha value is -4.81. The van der Waals surface area contributed by atoms with E-state index < -0.39 is 5.97 Å². The van der Waals surface area contributed by atoms with Gasteiger partial charge >= 0.3 is 5.97 Å². The molecule has 4 heterocycles. The fourth-order valence-electron chi connectivity index (χ4n) is 12.1. The van der Waals surface area contributed by atoms with E-state index in [1.54, 1.807) is 13.2 Å². The van der Waals surface area contributed by atoms with Gasteiger partial charge in [0.1, 0.15) is 11.6 Å². The molecule has 278 valence electrons. The fourth-order valence-corrected chi connectivity index (χ4v) is 12.9. The zero-order valence-corrected chi connectivity index (χ0v) is 31.9. The molecule has 54 heavy (non-hydrogen) atoms. The van der Waals surface area contributed by atoms with Gasteiger partial charge in [-0.1, -0.05) is 30.4 Å². The lowest BCUT2D eigenvalue weighted by molar-refractivity contribution is -0.215. The van der Waals surface area contributed by atoms with Gasteiger partial charge in [0, 0.05) is 54.7 Å². The number of thiazole rings is 1. The maximum absolute atomic E-state index is 13.7. The topological polar surface area (TPSA) is 132 Å². The monoisotopic (exact) mass is 744 g/mol. The third-order valence-electron chi connectivity index (χ3n) is 13.6. The van der Waals surface area contributed by atoms with Gasteiger partial charge in [-0.25, -0.2) is 14.8 Å². The Labute approximate surface area is 317 Å². The molecule has 2 aromatic carbocycles. The number of para-hydroxylation sites is 1. The number of aromatic carboxylic acids is 1. The molecular weight excluding hydrogens is 701 g/mol. The third-order valence-corrected chi connectivity index (χ3v) is 14.6. The number of carboxylic acid groups (broad SMARTS) is 1. The predicted octanol–water partition coefficient (Wildman–Crippen LogP) is 7.76. The van der Waals surface area contributed by atoms with Crippen molar-refractivity contribution >= 4 is 44.4 Å². The Morgan fingerprint density at radius 2 is 1.85 bits per heavy atom. The predicted molar refractivity (Wildman–Crippen MR) is 206 cm³/mol. The van der Waals surface area contributed by atoms with E-state index in [9.17, 15) is 14.7 Å². The highest BCUT2D eigenvalue weighted by atomic mass is 32.1. The summed E-state index contributed by atoms with van der Waals surface area (Å²) in [5, 5.41) is 19.0. The van der Waals surface area contributed by atoms with Gasteiger partial charge in [0.05, 0.1) is 29.1 Å². The van der Waals surface area contributed by atoms with E-state index in [1.807, 2.05) is 60.7 Å². The molecule has 11 rings (SSSR count). The molecule has 5 aromatic rings. The number of pyridine rings is 1. The molecule has 5 saturated carbocycles. The van der Waals surface area contributed by atoms with E-state index in [2.05, 4.69) is 28.8 Å². The number of ether oxygens (including phenoxy) is 2. The summed E-state index contributed by atoms with van der Waals surface area (Å²) in [6, 6.07) is 15.2. The number of hydrogen-bond acceptors (Lipinski definition) is 9. The van der Waals surface area contributed by atoms with Gasteiger partial charge in [0.25, 0.3) is 5.91 Å². The van der Waals surface area contributed by atoms with Crippen molar-refractivity contribution in [1.29, 1.82) is 0 Å². The average Bonchev–Trinajstić information content (AvgIpc) is 3.53. The van der Waals surface area contributed by atoms with Gasteiger partial charge in [-0.05, 0) is 116 Å². The summed E-state index contributed by atoms with van der Waals surface area (Å²) >= 11 is 1.43. The molecule has 1 spiro atoms. The van der Waals surface area contributed by atoms with Crippen molar-refractivity contribution in [2.75, 3.05) is 31.0 Å². The first-order valence-corrected chi connectivity index (χ1v) is 19.7. The Morgan fingerprint density at radius 1 is 1.00 bits per heavy atom. The lowest BCUT2D eigenvalue weighted by atomic mass is 9.43. The first-order chi connectivity index (χ1) is 26.0. The summed E-state index contributed by atoms with van der Waals surface area (Å²) in [5.74, 6) is 0.620. The van der Waals surface area contributed by atoms with Gasteiger partial charge in [-0.3, -0.25) is 14.8 Å². The smallest absolute Gasteiger partial charge is 0.355 e. The Morgan fingerprint density at radius 3 is 2.65 bits per heavy atom. The van der Waals surface area contributed by atoms with Crippen LogP contribution >= 0.6 is 11.3 Å².